The fraction of sp³-hybridized carbons (Fsp3) is 0.273. The van der Waals surface area contributed by atoms with Gasteiger partial charge in [-0.15, -0.1) is 0 Å². The molecule has 1 aliphatic heterocycles. The van der Waals surface area contributed by atoms with Crippen LogP contribution in [0.2, 0.25) is 0 Å². The SMILES string of the molecule is Cc1ccc(-n2c(-c3ccc(F)cc3)cc(C(=O)N3CCN(C(=O)Nc4ccc(C(C)C)cc4)CC3)c2C)cc1. The number of hydrogen-bond donors (Lipinski definition) is 1. The van der Waals surface area contributed by atoms with Crippen LogP contribution in [0.1, 0.15) is 46.9 Å². The molecule has 4 aromatic rings. The van der Waals surface area contributed by atoms with Crippen LogP contribution in [0.3, 0.4) is 0 Å². The summed E-state index contributed by atoms with van der Waals surface area (Å²) in [4.78, 5) is 30.2. The molecule has 0 radical (unpaired) electrons. The Bertz CT molecular complexity index is 1500. The highest BCUT2D eigenvalue weighted by molar-refractivity contribution is 5.97. The van der Waals surface area contributed by atoms with Crippen LogP contribution in [0.5, 0.6) is 0 Å². The molecule has 3 amide bonds. The molecule has 0 atom stereocenters. The molecule has 2 heterocycles. The number of aryl methyl sites for hydroxylation is 1. The van der Waals surface area contributed by atoms with Gasteiger partial charge in [0.1, 0.15) is 5.82 Å². The summed E-state index contributed by atoms with van der Waals surface area (Å²) in [6, 6.07) is 24.1. The summed E-state index contributed by atoms with van der Waals surface area (Å²) < 4.78 is 15.7. The Morgan fingerprint density at radius 1 is 0.800 bits per heavy atom. The van der Waals surface area contributed by atoms with E-state index in [1.165, 1.54) is 17.7 Å². The van der Waals surface area contributed by atoms with Crippen LogP contribution < -0.4 is 5.32 Å². The van der Waals surface area contributed by atoms with Gasteiger partial charge in [0.2, 0.25) is 0 Å². The highest BCUT2D eigenvalue weighted by Crippen LogP contribution is 2.31. The minimum Gasteiger partial charge on any atom is -0.335 e. The lowest BCUT2D eigenvalue weighted by Crippen LogP contribution is -2.51. The maximum Gasteiger partial charge on any atom is 0.321 e. The van der Waals surface area contributed by atoms with Crippen LogP contribution in [0.4, 0.5) is 14.9 Å². The number of benzene rings is 3. The molecule has 7 heteroatoms. The normalized spacial score (nSPS) is 13.6. The highest BCUT2D eigenvalue weighted by atomic mass is 19.1. The van der Waals surface area contributed by atoms with E-state index in [0.29, 0.717) is 37.7 Å². The molecule has 3 aromatic carbocycles. The number of carbonyl (C=O) groups is 2. The second kappa shape index (κ2) is 11.4. The topological polar surface area (TPSA) is 57.6 Å². The number of halogens is 1. The summed E-state index contributed by atoms with van der Waals surface area (Å²) in [6.07, 6.45) is 0. The maximum atomic E-state index is 13.7. The van der Waals surface area contributed by atoms with Crippen LogP contribution in [0.25, 0.3) is 16.9 Å². The average molecular weight is 539 g/mol. The predicted octanol–water partition coefficient (Wildman–Crippen LogP) is 7.01. The standard InChI is InChI=1S/C33H35FN4O2/c1-22(2)25-9-13-28(14-10-25)35-33(40)37-19-17-36(18-20-37)32(39)30-21-31(26-7-11-27(34)12-8-26)38(24(30)4)29-15-5-23(3)6-16-29/h5-16,21-22H,17-20H2,1-4H3,(H,35,40). The summed E-state index contributed by atoms with van der Waals surface area (Å²) in [7, 11) is 0. The van der Waals surface area contributed by atoms with E-state index in [4.69, 9.17) is 0 Å². The van der Waals surface area contributed by atoms with E-state index in [1.54, 1.807) is 21.9 Å². The largest absolute Gasteiger partial charge is 0.335 e. The van der Waals surface area contributed by atoms with Crippen LogP contribution >= 0.6 is 0 Å². The Kier molecular flexibility index (Phi) is 7.74. The monoisotopic (exact) mass is 538 g/mol. The first-order valence-corrected chi connectivity index (χ1v) is 13.7. The fourth-order valence-corrected chi connectivity index (χ4v) is 5.12. The van der Waals surface area contributed by atoms with E-state index in [0.717, 1.165) is 33.9 Å². The quantitative estimate of drug-likeness (QED) is 0.297. The zero-order valence-corrected chi connectivity index (χ0v) is 23.4. The zero-order valence-electron chi connectivity index (χ0n) is 23.4. The Labute approximate surface area is 235 Å². The van der Waals surface area contributed by atoms with Gasteiger partial charge in [0.05, 0.1) is 11.3 Å². The molecule has 1 saturated heterocycles. The molecular weight excluding hydrogens is 503 g/mol. The number of anilines is 1. The first kappa shape index (κ1) is 27.2. The van der Waals surface area contributed by atoms with Crippen molar-refractivity contribution < 1.29 is 14.0 Å². The first-order chi connectivity index (χ1) is 19.2. The molecule has 40 heavy (non-hydrogen) atoms. The van der Waals surface area contributed by atoms with Crippen LogP contribution in [-0.4, -0.2) is 52.5 Å². The molecule has 206 valence electrons. The Hall–Kier alpha value is -4.39. The number of amides is 3. The van der Waals surface area contributed by atoms with Gasteiger partial charge in [-0.25, -0.2) is 9.18 Å². The summed E-state index contributed by atoms with van der Waals surface area (Å²) in [5.74, 6) is 0.0512. The lowest BCUT2D eigenvalue weighted by atomic mass is 10.0. The van der Waals surface area contributed by atoms with E-state index in [1.807, 2.05) is 73.0 Å². The van der Waals surface area contributed by atoms with Gasteiger partial charge in [0.25, 0.3) is 5.91 Å². The van der Waals surface area contributed by atoms with Crippen LogP contribution in [0, 0.1) is 19.7 Å². The number of carbonyl (C=O) groups excluding carboxylic acids is 2. The van der Waals surface area contributed by atoms with Crippen molar-refractivity contribution in [2.24, 2.45) is 0 Å². The van der Waals surface area contributed by atoms with Crippen molar-refractivity contribution in [1.29, 1.82) is 0 Å². The summed E-state index contributed by atoms with van der Waals surface area (Å²) in [6.45, 7) is 10.0. The number of piperazine rings is 1. The fourth-order valence-electron chi connectivity index (χ4n) is 5.12. The number of urea groups is 1. The average Bonchev–Trinajstić information content (AvgIpc) is 3.30. The number of nitrogens with one attached hydrogen (secondary N) is 1. The van der Waals surface area contributed by atoms with Crippen molar-refractivity contribution in [1.82, 2.24) is 14.4 Å². The minimum absolute atomic E-state index is 0.0731. The Balaban J connectivity index is 1.32. The lowest BCUT2D eigenvalue weighted by molar-refractivity contribution is 0.0671. The molecule has 0 spiro atoms. The van der Waals surface area contributed by atoms with E-state index in [9.17, 15) is 14.0 Å². The third-order valence-electron chi connectivity index (χ3n) is 7.59. The van der Waals surface area contributed by atoms with Gasteiger partial charge in [-0.3, -0.25) is 4.79 Å². The minimum atomic E-state index is -0.306. The molecule has 5 rings (SSSR count). The molecule has 1 aromatic heterocycles. The predicted molar refractivity (Wildman–Crippen MR) is 158 cm³/mol. The number of nitrogens with zero attached hydrogens (tertiary/aromatic N) is 3. The third kappa shape index (κ3) is 5.64. The van der Waals surface area contributed by atoms with Crippen molar-refractivity contribution in [3.8, 4) is 16.9 Å². The summed E-state index contributed by atoms with van der Waals surface area (Å²) in [5, 5.41) is 2.97. The molecular formula is C33H35FN4O2. The smallest absolute Gasteiger partial charge is 0.321 e. The van der Waals surface area contributed by atoms with E-state index in [-0.39, 0.29) is 17.8 Å². The molecule has 1 fully saturated rings. The van der Waals surface area contributed by atoms with Gasteiger partial charge in [-0.1, -0.05) is 43.7 Å². The van der Waals surface area contributed by atoms with Crippen LogP contribution in [0.15, 0.2) is 78.9 Å². The number of rotatable bonds is 5. The second-order valence-corrected chi connectivity index (χ2v) is 10.7. The Morgan fingerprint density at radius 3 is 2.00 bits per heavy atom. The van der Waals surface area contributed by atoms with E-state index in [2.05, 4.69) is 19.2 Å². The third-order valence-corrected chi connectivity index (χ3v) is 7.59. The number of aromatic nitrogens is 1. The van der Waals surface area contributed by atoms with E-state index < -0.39 is 0 Å². The van der Waals surface area contributed by atoms with Gasteiger partial charge in [0, 0.05) is 43.2 Å². The second-order valence-electron chi connectivity index (χ2n) is 10.7. The lowest BCUT2D eigenvalue weighted by Gasteiger charge is -2.34. The zero-order chi connectivity index (χ0) is 28.4. The van der Waals surface area contributed by atoms with Crippen molar-refractivity contribution >= 4 is 17.6 Å². The first-order valence-electron chi connectivity index (χ1n) is 13.7. The molecule has 6 nitrogen and oxygen atoms in total. The summed E-state index contributed by atoms with van der Waals surface area (Å²) >= 11 is 0. The summed E-state index contributed by atoms with van der Waals surface area (Å²) in [5.41, 5.74) is 7.13. The molecule has 1 N–H and O–H groups in total. The van der Waals surface area contributed by atoms with Crippen molar-refractivity contribution in [2.45, 2.75) is 33.6 Å². The van der Waals surface area contributed by atoms with Crippen LogP contribution in [-0.2, 0) is 0 Å². The molecule has 0 unspecified atom stereocenters. The van der Waals surface area contributed by atoms with Gasteiger partial charge < -0.3 is 19.7 Å². The van der Waals surface area contributed by atoms with Gasteiger partial charge in [-0.05, 0) is 85.5 Å². The maximum absolute atomic E-state index is 13.7. The number of hydrogen-bond acceptors (Lipinski definition) is 2. The highest BCUT2D eigenvalue weighted by Gasteiger charge is 2.28. The molecule has 0 aliphatic carbocycles. The van der Waals surface area contributed by atoms with Gasteiger partial charge in [0.15, 0.2) is 0 Å². The van der Waals surface area contributed by atoms with Gasteiger partial charge in [-0.2, -0.15) is 0 Å². The van der Waals surface area contributed by atoms with Crippen molar-refractivity contribution in [2.75, 3.05) is 31.5 Å². The van der Waals surface area contributed by atoms with Gasteiger partial charge >= 0.3 is 6.03 Å². The van der Waals surface area contributed by atoms with Crippen molar-refractivity contribution in [3.63, 3.8) is 0 Å². The molecule has 1 aliphatic rings. The molecule has 0 bridgehead atoms. The van der Waals surface area contributed by atoms with Crippen molar-refractivity contribution in [3.05, 3.63) is 107 Å². The van der Waals surface area contributed by atoms with E-state index >= 15 is 0 Å². The molecule has 0 saturated carbocycles. The Morgan fingerprint density at radius 2 is 1.40 bits per heavy atom.